The van der Waals surface area contributed by atoms with E-state index in [-0.39, 0.29) is 5.91 Å². The molecule has 1 heterocycles. The summed E-state index contributed by atoms with van der Waals surface area (Å²) in [5, 5.41) is 2.92. The summed E-state index contributed by atoms with van der Waals surface area (Å²) in [5.41, 5.74) is 3.02. The van der Waals surface area contributed by atoms with Crippen molar-refractivity contribution in [2.24, 2.45) is 0 Å². The molecule has 5 heteroatoms. The molecule has 0 bridgehead atoms. The summed E-state index contributed by atoms with van der Waals surface area (Å²) in [6.07, 6.45) is 4.15. The van der Waals surface area contributed by atoms with Gasteiger partial charge in [0.2, 0.25) is 5.91 Å². The first-order valence-electron chi connectivity index (χ1n) is 8.70. The van der Waals surface area contributed by atoms with Gasteiger partial charge in [-0.05, 0) is 37.6 Å². The van der Waals surface area contributed by atoms with Crippen LogP contribution in [0.15, 0.2) is 54.6 Å². The van der Waals surface area contributed by atoms with Gasteiger partial charge in [0.15, 0.2) is 0 Å². The number of carbonyl (C=O) groups excluding carboxylic acids is 1. The summed E-state index contributed by atoms with van der Waals surface area (Å²) in [7, 11) is 1.62. The number of hydrogen-bond acceptors (Lipinski definition) is 3. The quantitative estimate of drug-likeness (QED) is 0.524. The predicted molar refractivity (Wildman–Crippen MR) is 104 cm³/mol. The number of methoxy groups -OCH3 is 1. The average molecular weight is 349 g/mol. The molecule has 26 heavy (non-hydrogen) atoms. The highest BCUT2D eigenvalue weighted by Crippen LogP contribution is 2.18. The average Bonchev–Trinajstić information content (AvgIpc) is 2.99. The zero-order chi connectivity index (χ0) is 18.4. The van der Waals surface area contributed by atoms with Crippen LogP contribution in [0.3, 0.4) is 0 Å². The van der Waals surface area contributed by atoms with E-state index in [0.29, 0.717) is 6.54 Å². The number of imidazole rings is 1. The van der Waals surface area contributed by atoms with Crippen LogP contribution in [0.4, 0.5) is 0 Å². The molecule has 1 N–H and O–H groups in total. The maximum absolute atomic E-state index is 12.0. The molecule has 0 saturated heterocycles. The molecule has 0 radical (unpaired) electrons. The molecule has 0 saturated carbocycles. The van der Waals surface area contributed by atoms with Crippen LogP contribution in [0.5, 0.6) is 5.75 Å². The van der Waals surface area contributed by atoms with E-state index in [0.717, 1.165) is 41.1 Å². The molecule has 0 aliphatic rings. The number of fused-ring (bicyclic) bond motifs is 1. The summed E-state index contributed by atoms with van der Waals surface area (Å²) in [6, 6.07) is 15.7. The highest BCUT2D eigenvalue weighted by atomic mass is 16.5. The van der Waals surface area contributed by atoms with Crippen LogP contribution in [-0.4, -0.2) is 29.1 Å². The van der Waals surface area contributed by atoms with Crippen molar-refractivity contribution in [3.8, 4) is 5.75 Å². The summed E-state index contributed by atoms with van der Waals surface area (Å²) >= 11 is 0. The number of nitrogens with zero attached hydrogens (tertiary/aromatic N) is 2. The summed E-state index contributed by atoms with van der Waals surface area (Å²) in [6.45, 7) is 3.44. The number of carbonyl (C=O) groups is 1. The first kappa shape index (κ1) is 17.7. The minimum atomic E-state index is -0.108. The number of para-hydroxylation sites is 3. The molecule has 0 aliphatic carbocycles. The Morgan fingerprint density at radius 1 is 1.19 bits per heavy atom. The van der Waals surface area contributed by atoms with Gasteiger partial charge in [0.05, 0.1) is 18.1 Å². The molecule has 1 amide bonds. The lowest BCUT2D eigenvalue weighted by Gasteiger charge is -2.07. The fraction of sp³-hybridized carbons (Fsp3) is 0.238. The fourth-order valence-electron chi connectivity index (χ4n) is 2.96. The van der Waals surface area contributed by atoms with E-state index in [9.17, 15) is 4.79 Å². The molecular formula is C21H23N3O2. The van der Waals surface area contributed by atoms with Crippen molar-refractivity contribution < 1.29 is 9.53 Å². The van der Waals surface area contributed by atoms with E-state index in [2.05, 4.69) is 20.9 Å². The van der Waals surface area contributed by atoms with Crippen LogP contribution in [0, 0.1) is 6.92 Å². The number of aryl methyl sites for hydroxylation is 2. The maximum atomic E-state index is 12.0. The van der Waals surface area contributed by atoms with Gasteiger partial charge < -0.3 is 14.6 Å². The van der Waals surface area contributed by atoms with Gasteiger partial charge in [-0.15, -0.1) is 0 Å². The number of hydrogen-bond donors (Lipinski definition) is 1. The number of ether oxygens (including phenoxy) is 1. The van der Waals surface area contributed by atoms with Gasteiger partial charge in [-0.25, -0.2) is 4.98 Å². The van der Waals surface area contributed by atoms with Crippen LogP contribution in [0.25, 0.3) is 17.1 Å². The number of nitrogens with one attached hydrogen (secondary N) is 1. The molecule has 1 aromatic heterocycles. The number of amides is 1. The van der Waals surface area contributed by atoms with Crippen LogP contribution < -0.4 is 10.1 Å². The van der Waals surface area contributed by atoms with E-state index < -0.39 is 0 Å². The first-order valence-corrected chi connectivity index (χ1v) is 8.70. The Morgan fingerprint density at radius 2 is 1.96 bits per heavy atom. The molecule has 0 fully saturated rings. The molecule has 0 unspecified atom stereocenters. The van der Waals surface area contributed by atoms with Crippen molar-refractivity contribution in [2.45, 2.75) is 19.9 Å². The third-order valence-corrected chi connectivity index (χ3v) is 4.26. The zero-order valence-corrected chi connectivity index (χ0v) is 15.1. The van der Waals surface area contributed by atoms with Gasteiger partial charge in [-0.2, -0.15) is 0 Å². The summed E-state index contributed by atoms with van der Waals surface area (Å²) in [5.74, 6) is 1.63. The lowest BCUT2D eigenvalue weighted by Crippen LogP contribution is -2.23. The zero-order valence-electron chi connectivity index (χ0n) is 15.1. The second-order valence-corrected chi connectivity index (χ2v) is 6.02. The normalized spacial score (nSPS) is 11.2. The Labute approximate surface area is 153 Å². The lowest BCUT2D eigenvalue weighted by atomic mass is 10.2. The van der Waals surface area contributed by atoms with E-state index in [4.69, 9.17) is 4.74 Å². The summed E-state index contributed by atoms with van der Waals surface area (Å²) in [4.78, 5) is 16.6. The third kappa shape index (κ3) is 4.11. The molecule has 0 spiro atoms. The highest BCUT2D eigenvalue weighted by Gasteiger charge is 2.06. The Kier molecular flexibility index (Phi) is 5.69. The molecule has 134 valence electrons. The Hall–Kier alpha value is -3.08. The van der Waals surface area contributed by atoms with Crippen molar-refractivity contribution in [1.82, 2.24) is 14.9 Å². The van der Waals surface area contributed by atoms with Crippen LogP contribution in [-0.2, 0) is 11.3 Å². The molecule has 3 rings (SSSR count). The van der Waals surface area contributed by atoms with Gasteiger partial charge in [-0.1, -0.05) is 30.3 Å². The van der Waals surface area contributed by atoms with Crippen LogP contribution >= 0.6 is 0 Å². The predicted octanol–water partition coefficient (Wildman–Crippen LogP) is 3.57. The number of aromatic nitrogens is 2. The second kappa shape index (κ2) is 8.34. The topological polar surface area (TPSA) is 56.1 Å². The Balaban J connectivity index is 1.51. The van der Waals surface area contributed by atoms with Crippen molar-refractivity contribution in [3.63, 3.8) is 0 Å². The highest BCUT2D eigenvalue weighted by molar-refractivity contribution is 5.92. The fourth-order valence-corrected chi connectivity index (χ4v) is 2.96. The molecule has 0 atom stereocenters. The van der Waals surface area contributed by atoms with E-state index >= 15 is 0 Å². The van der Waals surface area contributed by atoms with Gasteiger partial charge in [0.1, 0.15) is 11.6 Å². The van der Waals surface area contributed by atoms with Gasteiger partial charge in [-0.3, -0.25) is 4.79 Å². The lowest BCUT2D eigenvalue weighted by molar-refractivity contribution is -0.116. The van der Waals surface area contributed by atoms with Crippen molar-refractivity contribution in [2.75, 3.05) is 13.7 Å². The minimum absolute atomic E-state index is 0.108. The minimum Gasteiger partial charge on any atom is -0.496 e. The van der Waals surface area contributed by atoms with Crippen molar-refractivity contribution in [3.05, 3.63) is 66.0 Å². The van der Waals surface area contributed by atoms with E-state index in [1.165, 1.54) is 6.08 Å². The molecule has 5 nitrogen and oxygen atoms in total. The molecule has 0 aliphatic heterocycles. The largest absolute Gasteiger partial charge is 0.496 e. The molecule has 2 aromatic carbocycles. The van der Waals surface area contributed by atoms with Crippen LogP contribution in [0.2, 0.25) is 0 Å². The number of benzene rings is 2. The van der Waals surface area contributed by atoms with Crippen molar-refractivity contribution in [1.29, 1.82) is 0 Å². The SMILES string of the molecule is COc1ccccc1/C=C/C(=O)NCCCn1c(C)nc2ccccc21. The molecular weight excluding hydrogens is 326 g/mol. The Bertz CT molecular complexity index is 928. The smallest absolute Gasteiger partial charge is 0.244 e. The molecule has 3 aromatic rings. The number of rotatable bonds is 7. The van der Waals surface area contributed by atoms with Gasteiger partial charge in [0.25, 0.3) is 0 Å². The standard InChI is InChI=1S/C21H23N3O2/c1-16-23-18-9-4-5-10-19(18)24(16)15-7-14-22-21(25)13-12-17-8-3-6-11-20(17)26-2/h3-6,8-13H,7,14-15H2,1-2H3,(H,22,25)/b13-12+. The van der Waals surface area contributed by atoms with E-state index in [1.54, 1.807) is 13.2 Å². The van der Waals surface area contributed by atoms with Crippen molar-refractivity contribution >= 4 is 23.0 Å². The second-order valence-electron chi connectivity index (χ2n) is 6.02. The Morgan fingerprint density at radius 3 is 2.81 bits per heavy atom. The van der Waals surface area contributed by atoms with E-state index in [1.807, 2.05) is 49.4 Å². The van der Waals surface area contributed by atoms with Gasteiger partial charge >= 0.3 is 0 Å². The maximum Gasteiger partial charge on any atom is 0.244 e. The third-order valence-electron chi connectivity index (χ3n) is 4.26. The monoisotopic (exact) mass is 349 g/mol. The summed E-state index contributed by atoms with van der Waals surface area (Å²) < 4.78 is 7.46. The van der Waals surface area contributed by atoms with Gasteiger partial charge in [0, 0.05) is 24.7 Å². The first-order chi connectivity index (χ1) is 12.7. The van der Waals surface area contributed by atoms with Crippen LogP contribution in [0.1, 0.15) is 17.8 Å².